The van der Waals surface area contributed by atoms with E-state index in [0.717, 1.165) is 19.6 Å². The maximum atomic E-state index is 5.22. The third kappa shape index (κ3) is 4.03. The number of rotatable bonds is 5. The second kappa shape index (κ2) is 6.44. The fourth-order valence-corrected chi connectivity index (χ4v) is 1.86. The van der Waals surface area contributed by atoms with Crippen LogP contribution in [-0.2, 0) is 4.74 Å². The molecule has 0 saturated carbocycles. The molecule has 1 aliphatic rings. The number of hydrogen-bond donors (Lipinski definition) is 1. The van der Waals surface area contributed by atoms with Gasteiger partial charge in [-0.05, 0) is 31.0 Å². The molecular formula is C13H23IN2O. The van der Waals surface area contributed by atoms with Crippen LogP contribution < -0.4 is 10.2 Å². The van der Waals surface area contributed by atoms with Crippen LogP contribution in [0, 0.1) is 6.92 Å². The van der Waals surface area contributed by atoms with Crippen molar-refractivity contribution in [1.29, 1.82) is 0 Å². The highest BCUT2D eigenvalue weighted by Gasteiger charge is 2.23. The third-order valence-electron chi connectivity index (χ3n) is 2.77. The maximum absolute atomic E-state index is 5.22. The second-order valence-electron chi connectivity index (χ2n) is 4.41. The van der Waals surface area contributed by atoms with Gasteiger partial charge in [-0.3, -0.25) is 0 Å². The van der Waals surface area contributed by atoms with E-state index in [9.17, 15) is 0 Å². The van der Waals surface area contributed by atoms with Gasteiger partial charge < -0.3 is 15.0 Å². The molecule has 3 nitrogen and oxygen atoms in total. The molecule has 17 heavy (non-hydrogen) atoms. The molecule has 0 bridgehead atoms. The highest BCUT2D eigenvalue weighted by Crippen LogP contribution is 2.28. The van der Waals surface area contributed by atoms with Gasteiger partial charge in [-0.1, -0.05) is 13.0 Å². The van der Waals surface area contributed by atoms with Gasteiger partial charge >= 0.3 is 0 Å². The molecule has 2 rings (SSSR count). The quantitative estimate of drug-likeness (QED) is 0.651. The lowest BCUT2D eigenvalue weighted by molar-refractivity contribution is 0.428. The maximum Gasteiger partial charge on any atom is 0.151 e. The molecule has 1 saturated heterocycles. The van der Waals surface area contributed by atoms with Gasteiger partial charge in [0.15, 0.2) is 6.23 Å². The monoisotopic (exact) mass is 350 g/mol. The summed E-state index contributed by atoms with van der Waals surface area (Å²) in [6.07, 6.45) is 1.37. The number of ether oxygens (including phenoxy) is 1. The van der Waals surface area contributed by atoms with Crippen molar-refractivity contribution in [2.45, 2.75) is 26.5 Å². The van der Waals surface area contributed by atoms with Crippen molar-refractivity contribution in [1.82, 2.24) is 0 Å². The number of hydrogen-bond acceptors (Lipinski definition) is 3. The van der Waals surface area contributed by atoms with Crippen molar-refractivity contribution in [3.63, 3.8) is 0 Å². The van der Waals surface area contributed by atoms with Gasteiger partial charge in [-0.25, -0.2) is 0 Å². The number of anilines is 2. The van der Waals surface area contributed by atoms with Crippen molar-refractivity contribution in [3.05, 3.63) is 23.8 Å². The number of halogens is 1. The molecule has 4 heteroatoms. The number of aryl methyl sites for hydroxylation is 1. The molecule has 0 spiro atoms. The van der Waals surface area contributed by atoms with E-state index in [4.69, 9.17) is 4.74 Å². The molecule has 0 amide bonds. The fourth-order valence-electron chi connectivity index (χ4n) is 1.86. The summed E-state index contributed by atoms with van der Waals surface area (Å²) in [6, 6.07) is 6.51. The second-order valence-corrected chi connectivity index (χ2v) is 4.41. The van der Waals surface area contributed by atoms with Gasteiger partial charge in [0, 0.05) is 15.0 Å². The van der Waals surface area contributed by atoms with Crippen molar-refractivity contribution >= 4 is 35.4 Å². The summed E-state index contributed by atoms with van der Waals surface area (Å²) in [7, 11) is 2.13. The summed E-state index contributed by atoms with van der Waals surface area (Å²) < 4.78 is 5.22. The van der Waals surface area contributed by atoms with E-state index in [1.807, 2.05) is 0 Å². The predicted molar refractivity (Wildman–Crippen MR) is 85.6 cm³/mol. The summed E-state index contributed by atoms with van der Waals surface area (Å²) in [5.41, 5.74) is 3.71. The summed E-state index contributed by atoms with van der Waals surface area (Å²) in [5, 5.41) is 3.40. The minimum atomic E-state index is 0. The molecule has 1 heterocycles. The topological polar surface area (TPSA) is 27.8 Å². The number of epoxide rings is 1. The lowest BCUT2D eigenvalue weighted by atomic mass is 10.1. The Labute approximate surface area is 122 Å². The number of nitrogens with zero attached hydrogens (tertiary/aromatic N) is 1. The molecule has 98 valence electrons. The zero-order chi connectivity index (χ0) is 11.5. The molecule has 1 aromatic carbocycles. The zero-order valence-electron chi connectivity index (χ0n) is 10.7. The first-order valence-corrected chi connectivity index (χ1v) is 5.90. The van der Waals surface area contributed by atoms with Crippen molar-refractivity contribution in [3.8, 4) is 0 Å². The zero-order valence-corrected chi connectivity index (χ0v) is 13.0. The largest absolute Gasteiger partial charge is 0.373 e. The Morgan fingerprint density at radius 1 is 1.53 bits per heavy atom. The van der Waals surface area contributed by atoms with Crippen LogP contribution in [0.3, 0.4) is 0 Å². The first kappa shape index (κ1) is 14.6. The van der Waals surface area contributed by atoms with Crippen LogP contribution in [-0.4, -0.2) is 26.4 Å². The van der Waals surface area contributed by atoms with E-state index in [-0.39, 0.29) is 31.6 Å². The van der Waals surface area contributed by atoms with E-state index in [2.05, 4.69) is 49.3 Å². The van der Waals surface area contributed by atoms with Gasteiger partial charge in [0.2, 0.25) is 0 Å². The molecule has 1 N–H and O–H groups in total. The smallest absolute Gasteiger partial charge is 0.151 e. The Bertz CT molecular complexity index is 372. The van der Waals surface area contributed by atoms with Gasteiger partial charge in [0.1, 0.15) is 0 Å². The lowest BCUT2D eigenvalue weighted by Crippen LogP contribution is -2.20. The van der Waals surface area contributed by atoms with Crippen LogP contribution in [0.25, 0.3) is 0 Å². The van der Waals surface area contributed by atoms with Crippen molar-refractivity contribution in [2.24, 2.45) is 0 Å². The SMILES string of the molecule is CCCN(C)c1ccc(C)cc1NC1CO1.I.[HH]. The lowest BCUT2D eigenvalue weighted by Gasteiger charge is -2.22. The molecule has 0 aliphatic carbocycles. The van der Waals surface area contributed by atoms with Gasteiger partial charge in [-0.15, -0.1) is 24.0 Å². The standard InChI is InChI=1S/C13H20N2O.HI.H2/c1-4-7-15(3)12-6-5-10(2)8-11(12)14-13-9-16-13;;/h5-6,8,13-14H,4,7,9H2,1-3H3;2*1H. The molecule has 0 radical (unpaired) electrons. The Morgan fingerprint density at radius 2 is 2.24 bits per heavy atom. The van der Waals surface area contributed by atoms with Gasteiger partial charge in [0.05, 0.1) is 18.0 Å². The first-order valence-electron chi connectivity index (χ1n) is 5.90. The third-order valence-corrected chi connectivity index (χ3v) is 2.77. The molecule has 1 aromatic rings. The van der Waals surface area contributed by atoms with Gasteiger partial charge in [0.25, 0.3) is 0 Å². The molecule has 1 aliphatic heterocycles. The fraction of sp³-hybridized carbons (Fsp3) is 0.538. The Kier molecular flexibility index (Phi) is 5.52. The summed E-state index contributed by atoms with van der Waals surface area (Å²) >= 11 is 0. The van der Waals surface area contributed by atoms with E-state index >= 15 is 0 Å². The van der Waals surface area contributed by atoms with Crippen LogP contribution in [0.4, 0.5) is 11.4 Å². The highest BCUT2D eigenvalue weighted by atomic mass is 127. The van der Waals surface area contributed by atoms with Crippen LogP contribution in [0.2, 0.25) is 0 Å². The molecular weight excluding hydrogens is 327 g/mol. The Hall–Kier alpha value is -0.490. The number of benzene rings is 1. The minimum Gasteiger partial charge on any atom is -0.373 e. The first-order chi connectivity index (χ1) is 7.70. The van der Waals surface area contributed by atoms with E-state index < -0.39 is 0 Å². The Balaban J connectivity index is 0.00000144. The van der Waals surface area contributed by atoms with E-state index in [1.165, 1.54) is 16.9 Å². The molecule has 1 atom stereocenters. The summed E-state index contributed by atoms with van der Waals surface area (Å²) in [4.78, 5) is 2.28. The van der Waals surface area contributed by atoms with E-state index in [1.54, 1.807) is 0 Å². The molecule has 0 aromatic heterocycles. The van der Waals surface area contributed by atoms with Crippen LogP contribution in [0.1, 0.15) is 20.3 Å². The van der Waals surface area contributed by atoms with Gasteiger partial charge in [-0.2, -0.15) is 0 Å². The van der Waals surface area contributed by atoms with Crippen molar-refractivity contribution < 1.29 is 6.16 Å². The summed E-state index contributed by atoms with van der Waals surface area (Å²) in [6.45, 7) is 6.21. The normalized spacial score (nSPS) is 17.2. The highest BCUT2D eigenvalue weighted by molar-refractivity contribution is 14.0. The van der Waals surface area contributed by atoms with E-state index in [0.29, 0.717) is 0 Å². The Morgan fingerprint density at radius 3 is 2.82 bits per heavy atom. The molecule has 1 fully saturated rings. The average Bonchev–Trinajstić information content (AvgIpc) is 3.02. The van der Waals surface area contributed by atoms with Crippen LogP contribution in [0.15, 0.2) is 18.2 Å². The summed E-state index contributed by atoms with van der Waals surface area (Å²) in [5.74, 6) is 0. The minimum absolute atomic E-state index is 0. The number of nitrogens with one attached hydrogen (secondary N) is 1. The predicted octanol–water partition coefficient (Wildman–Crippen LogP) is 3.47. The molecule has 1 unspecified atom stereocenters. The van der Waals surface area contributed by atoms with Crippen LogP contribution in [0.5, 0.6) is 0 Å². The van der Waals surface area contributed by atoms with Crippen molar-refractivity contribution in [2.75, 3.05) is 30.4 Å². The van der Waals surface area contributed by atoms with Crippen LogP contribution >= 0.6 is 24.0 Å². The average molecular weight is 350 g/mol.